The molecule has 1 unspecified atom stereocenters. The minimum atomic E-state index is -4.49. The van der Waals surface area contributed by atoms with E-state index in [4.69, 9.17) is 0 Å². The van der Waals surface area contributed by atoms with Crippen LogP contribution in [0.15, 0.2) is 61.1 Å². The predicted molar refractivity (Wildman–Crippen MR) is 114 cm³/mol. The van der Waals surface area contributed by atoms with Gasteiger partial charge in [0.25, 0.3) is 0 Å². The van der Waals surface area contributed by atoms with Gasteiger partial charge in [-0.25, -0.2) is 4.98 Å². The van der Waals surface area contributed by atoms with Crippen molar-refractivity contribution in [3.63, 3.8) is 0 Å². The lowest BCUT2D eigenvalue weighted by atomic mass is 9.96. The summed E-state index contributed by atoms with van der Waals surface area (Å²) < 4.78 is 41.9. The number of rotatable bonds is 6. The fourth-order valence-corrected chi connectivity index (χ4v) is 4.01. The largest absolute Gasteiger partial charge is 0.419 e. The number of halogens is 3. The van der Waals surface area contributed by atoms with Crippen LogP contribution < -0.4 is 10.2 Å². The molecule has 1 N–H and O–H groups in total. The molecule has 6 nitrogen and oxygen atoms in total. The van der Waals surface area contributed by atoms with Crippen LogP contribution in [0, 0.1) is 5.92 Å². The molecule has 1 atom stereocenters. The van der Waals surface area contributed by atoms with Crippen molar-refractivity contribution in [3.8, 4) is 0 Å². The van der Waals surface area contributed by atoms with E-state index < -0.39 is 11.7 Å². The first kappa shape index (κ1) is 21.9. The van der Waals surface area contributed by atoms with E-state index in [1.807, 2.05) is 41.2 Å². The van der Waals surface area contributed by atoms with Crippen LogP contribution in [0.3, 0.4) is 0 Å². The summed E-state index contributed by atoms with van der Waals surface area (Å²) >= 11 is 0. The van der Waals surface area contributed by atoms with Crippen LogP contribution in [0.1, 0.15) is 29.5 Å². The number of alkyl halides is 3. The summed E-state index contributed by atoms with van der Waals surface area (Å²) in [5.41, 5.74) is 1.26. The fraction of sp³-hybridized carbons (Fsp3) is 0.348. The van der Waals surface area contributed by atoms with Crippen molar-refractivity contribution in [1.82, 2.24) is 20.1 Å². The van der Waals surface area contributed by atoms with Crippen molar-refractivity contribution in [2.24, 2.45) is 5.92 Å². The molecule has 0 aliphatic carbocycles. The Kier molecular flexibility index (Phi) is 6.43. The summed E-state index contributed by atoms with van der Waals surface area (Å²) in [4.78, 5) is 18.3. The lowest BCUT2D eigenvalue weighted by Crippen LogP contribution is -2.43. The Hall–Kier alpha value is -3.36. The summed E-state index contributed by atoms with van der Waals surface area (Å²) in [5.74, 6) is -0.653. The second kappa shape index (κ2) is 9.42. The molecule has 1 aliphatic heterocycles. The highest BCUT2D eigenvalue weighted by Crippen LogP contribution is 2.36. The SMILES string of the molecule is O=C(NCc1cccc(Cn2cccn2)c1)C1CCCN(c2ncccc2C(F)(F)F)C1. The van der Waals surface area contributed by atoms with E-state index in [-0.39, 0.29) is 24.2 Å². The fourth-order valence-electron chi connectivity index (χ4n) is 4.01. The van der Waals surface area contributed by atoms with Crippen molar-refractivity contribution in [2.45, 2.75) is 32.1 Å². The zero-order valence-electron chi connectivity index (χ0n) is 17.4. The molecule has 1 aromatic carbocycles. The van der Waals surface area contributed by atoms with Gasteiger partial charge in [-0.2, -0.15) is 18.3 Å². The normalized spacial score (nSPS) is 16.7. The third kappa shape index (κ3) is 5.27. The standard InChI is InChI=1S/C23H24F3N5O/c24-23(25,26)20-8-2-9-27-21(20)30-11-3-7-19(16-30)22(32)28-14-17-5-1-6-18(13-17)15-31-12-4-10-29-31/h1-2,4-6,8-10,12-13,19H,3,7,11,14-16H2,(H,28,32). The third-order valence-corrected chi connectivity index (χ3v) is 5.55. The Morgan fingerprint density at radius 1 is 1.12 bits per heavy atom. The van der Waals surface area contributed by atoms with E-state index in [9.17, 15) is 18.0 Å². The number of hydrogen-bond donors (Lipinski definition) is 1. The van der Waals surface area contributed by atoms with E-state index in [0.29, 0.717) is 32.5 Å². The summed E-state index contributed by atoms with van der Waals surface area (Å²) in [6, 6.07) is 12.0. The Labute approximate surface area is 184 Å². The number of aromatic nitrogens is 3. The van der Waals surface area contributed by atoms with Crippen molar-refractivity contribution in [2.75, 3.05) is 18.0 Å². The molecule has 1 aliphatic rings. The van der Waals surface area contributed by atoms with Gasteiger partial charge in [0.2, 0.25) is 5.91 Å². The zero-order chi connectivity index (χ0) is 22.6. The van der Waals surface area contributed by atoms with Gasteiger partial charge in [-0.3, -0.25) is 9.48 Å². The molecule has 0 saturated carbocycles. The molecule has 3 aromatic rings. The molecule has 0 bridgehead atoms. The van der Waals surface area contributed by atoms with E-state index in [2.05, 4.69) is 15.4 Å². The Bertz CT molecular complexity index is 1050. The number of pyridine rings is 1. The molecule has 0 radical (unpaired) electrons. The second-order valence-corrected chi connectivity index (χ2v) is 7.90. The molecule has 4 rings (SSSR count). The highest BCUT2D eigenvalue weighted by Gasteiger charge is 2.37. The maximum absolute atomic E-state index is 13.4. The van der Waals surface area contributed by atoms with Gasteiger partial charge >= 0.3 is 6.18 Å². The third-order valence-electron chi connectivity index (χ3n) is 5.55. The minimum absolute atomic E-state index is 0.108. The Morgan fingerprint density at radius 3 is 2.75 bits per heavy atom. The monoisotopic (exact) mass is 443 g/mol. The van der Waals surface area contributed by atoms with Crippen LogP contribution in [-0.2, 0) is 24.1 Å². The van der Waals surface area contributed by atoms with E-state index in [1.165, 1.54) is 12.3 Å². The first-order chi connectivity index (χ1) is 15.4. The summed E-state index contributed by atoms with van der Waals surface area (Å²) in [6.07, 6.45) is 1.74. The summed E-state index contributed by atoms with van der Waals surface area (Å²) in [5, 5.41) is 7.14. The molecular formula is C23H24F3N5O. The van der Waals surface area contributed by atoms with Gasteiger partial charge in [0.15, 0.2) is 0 Å². The quantitative estimate of drug-likeness (QED) is 0.628. The van der Waals surface area contributed by atoms with Gasteiger partial charge in [0.1, 0.15) is 5.82 Å². The van der Waals surface area contributed by atoms with E-state index in [1.54, 1.807) is 11.1 Å². The minimum Gasteiger partial charge on any atom is -0.355 e. The van der Waals surface area contributed by atoms with Crippen LogP contribution in [0.5, 0.6) is 0 Å². The highest BCUT2D eigenvalue weighted by molar-refractivity contribution is 5.79. The van der Waals surface area contributed by atoms with Gasteiger partial charge in [0, 0.05) is 38.2 Å². The topological polar surface area (TPSA) is 63.1 Å². The van der Waals surface area contributed by atoms with Gasteiger partial charge < -0.3 is 10.2 Å². The van der Waals surface area contributed by atoms with Crippen molar-refractivity contribution in [3.05, 3.63) is 77.7 Å². The number of hydrogen-bond acceptors (Lipinski definition) is 4. The van der Waals surface area contributed by atoms with Gasteiger partial charge in [-0.1, -0.05) is 24.3 Å². The van der Waals surface area contributed by atoms with Crippen LogP contribution in [0.2, 0.25) is 0 Å². The molecular weight excluding hydrogens is 419 g/mol. The first-order valence-electron chi connectivity index (χ1n) is 10.5. The number of anilines is 1. The lowest BCUT2D eigenvalue weighted by molar-refractivity contribution is -0.137. The maximum Gasteiger partial charge on any atom is 0.419 e. The lowest BCUT2D eigenvalue weighted by Gasteiger charge is -2.34. The molecule has 9 heteroatoms. The molecule has 32 heavy (non-hydrogen) atoms. The number of piperidine rings is 1. The van der Waals surface area contributed by atoms with Gasteiger partial charge in [-0.15, -0.1) is 0 Å². The maximum atomic E-state index is 13.4. The number of nitrogens with zero attached hydrogens (tertiary/aromatic N) is 4. The smallest absolute Gasteiger partial charge is 0.355 e. The van der Waals surface area contributed by atoms with E-state index >= 15 is 0 Å². The van der Waals surface area contributed by atoms with E-state index in [0.717, 1.165) is 17.2 Å². The first-order valence-corrected chi connectivity index (χ1v) is 10.5. The molecule has 0 spiro atoms. The Balaban J connectivity index is 1.37. The molecule has 1 fully saturated rings. The predicted octanol–water partition coefficient (Wildman–Crippen LogP) is 3.88. The van der Waals surface area contributed by atoms with Crippen LogP contribution in [-0.4, -0.2) is 33.8 Å². The Morgan fingerprint density at radius 2 is 1.97 bits per heavy atom. The number of carbonyl (C=O) groups is 1. The average Bonchev–Trinajstić information content (AvgIpc) is 3.30. The molecule has 2 aromatic heterocycles. The highest BCUT2D eigenvalue weighted by atomic mass is 19.4. The van der Waals surface area contributed by atoms with Crippen molar-refractivity contribution in [1.29, 1.82) is 0 Å². The molecule has 1 amide bonds. The number of carbonyl (C=O) groups excluding carboxylic acids is 1. The summed E-state index contributed by atoms with van der Waals surface area (Å²) in [6.45, 7) is 1.66. The van der Waals surface area contributed by atoms with Gasteiger partial charge in [-0.05, 0) is 42.2 Å². The van der Waals surface area contributed by atoms with Gasteiger partial charge in [0.05, 0.1) is 18.0 Å². The number of amides is 1. The molecule has 168 valence electrons. The second-order valence-electron chi connectivity index (χ2n) is 7.90. The van der Waals surface area contributed by atoms with Crippen LogP contribution >= 0.6 is 0 Å². The number of benzene rings is 1. The zero-order valence-corrected chi connectivity index (χ0v) is 17.4. The molecule has 1 saturated heterocycles. The van der Waals surface area contributed by atoms with Crippen molar-refractivity contribution < 1.29 is 18.0 Å². The molecule has 3 heterocycles. The number of nitrogens with one attached hydrogen (secondary N) is 1. The van der Waals surface area contributed by atoms with Crippen LogP contribution in [0.25, 0.3) is 0 Å². The average molecular weight is 443 g/mol. The summed E-state index contributed by atoms with van der Waals surface area (Å²) in [7, 11) is 0. The van der Waals surface area contributed by atoms with Crippen molar-refractivity contribution >= 4 is 11.7 Å². The van der Waals surface area contributed by atoms with Crippen LogP contribution in [0.4, 0.5) is 19.0 Å².